The van der Waals surface area contributed by atoms with Crippen molar-refractivity contribution >= 4 is 29.2 Å². The van der Waals surface area contributed by atoms with Gasteiger partial charge in [-0.3, -0.25) is 9.69 Å². The van der Waals surface area contributed by atoms with Crippen LogP contribution in [0.5, 0.6) is 11.5 Å². The SMILES string of the molecule is CC(C)N(C(=O)c1ccc(Cl)cn1)c1cc(F)c(Oc2ccc(CN3CCOCC3)cc2C(F)(F)F)cc1C(=O)O. The van der Waals surface area contributed by atoms with Crippen LogP contribution in [0.15, 0.2) is 48.7 Å². The van der Waals surface area contributed by atoms with E-state index in [0.717, 1.165) is 29.2 Å². The Hall–Kier alpha value is -3.74. The highest BCUT2D eigenvalue weighted by molar-refractivity contribution is 6.30. The van der Waals surface area contributed by atoms with Crippen LogP contribution in [0.4, 0.5) is 23.2 Å². The van der Waals surface area contributed by atoms with E-state index in [4.69, 9.17) is 21.1 Å². The number of ether oxygens (including phenoxy) is 2. The number of morpholine rings is 1. The van der Waals surface area contributed by atoms with Crippen LogP contribution in [0.2, 0.25) is 5.02 Å². The van der Waals surface area contributed by atoms with Gasteiger partial charge >= 0.3 is 12.1 Å². The first-order chi connectivity index (χ1) is 19.3. The maximum atomic E-state index is 15.3. The van der Waals surface area contributed by atoms with Gasteiger partial charge in [-0.05, 0) is 43.7 Å². The molecule has 0 saturated carbocycles. The smallest absolute Gasteiger partial charge is 0.419 e. The Labute approximate surface area is 238 Å². The number of hydrogen-bond acceptors (Lipinski definition) is 6. The first kappa shape index (κ1) is 30.2. The van der Waals surface area contributed by atoms with Gasteiger partial charge in [-0.15, -0.1) is 0 Å². The van der Waals surface area contributed by atoms with E-state index >= 15 is 4.39 Å². The Bertz CT molecular complexity index is 1430. The molecule has 0 bridgehead atoms. The van der Waals surface area contributed by atoms with Crippen LogP contribution in [0.25, 0.3) is 0 Å². The molecule has 0 unspecified atom stereocenters. The average Bonchev–Trinajstić information content (AvgIpc) is 2.91. The number of halogens is 5. The molecule has 1 N–H and O–H groups in total. The van der Waals surface area contributed by atoms with Crippen molar-refractivity contribution in [3.8, 4) is 11.5 Å². The molecule has 41 heavy (non-hydrogen) atoms. The summed E-state index contributed by atoms with van der Waals surface area (Å²) in [5.41, 5.74) is -1.73. The second kappa shape index (κ2) is 12.4. The Balaban J connectivity index is 1.71. The van der Waals surface area contributed by atoms with Gasteiger partial charge in [0, 0.05) is 44.0 Å². The van der Waals surface area contributed by atoms with Gasteiger partial charge in [0.15, 0.2) is 11.6 Å². The second-order valence-electron chi connectivity index (χ2n) is 9.55. The standard InChI is InChI=1S/C28H26ClF4N3O5/c1-16(2)36(26(37)22-5-4-18(29)14-34-22)23-13-21(30)25(12-19(23)27(38)39)41-24-6-3-17(11-20(24)28(31,32)33)15-35-7-9-40-10-8-35/h3-6,11-14,16H,7-10,15H2,1-2H3,(H,38,39). The van der Waals surface area contributed by atoms with Crippen LogP contribution in [0.3, 0.4) is 0 Å². The van der Waals surface area contributed by atoms with E-state index in [9.17, 15) is 27.9 Å². The topological polar surface area (TPSA) is 92.2 Å². The lowest BCUT2D eigenvalue weighted by Gasteiger charge is -2.28. The molecule has 1 aromatic heterocycles. The first-order valence-corrected chi connectivity index (χ1v) is 12.9. The van der Waals surface area contributed by atoms with Crippen molar-refractivity contribution in [2.75, 3.05) is 31.2 Å². The Morgan fingerprint density at radius 2 is 1.83 bits per heavy atom. The minimum Gasteiger partial charge on any atom is -0.478 e. The molecular formula is C28H26ClF4N3O5. The lowest BCUT2D eigenvalue weighted by Crippen LogP contribution is -2.38. The number of anilines is 1. The summed E-state index contributed by atoms with van der Waals surface area (Å²) in [6.45, 7) is 5.50. The van der Waals surface area contributed by atoms with E-state index in [1.165, 1.54) is 24.4 Å². The summed E-state index contributed by atoms with van der Waals surface area (Å²) in [6.07, 6.45) is -3.61. The van der Waals surface area contributed by atoms with Gasteiger partial charge in [0.05, 0.1) is 35.1 Å². The van der Waals surface area contributed by atoms with Crippen molar-refractivity contribution in [2.45, 2.75) is 32.6 Å². The van der Waals surface area contributed by atoms with Crippen LogP contribution >= 0.6 is 11.6 Å². The predicted octanol–water partition coefficient (Wildman–Crippen LogP) is 6.27. The number of carbonyl (C=O) groups excluding carboxylic acids is 1. The third kappa shape index (κ3) is 7.13. The number of hydrogen-bond donors (Lipinski definition) is 1. The van der Waals surface area contributed by atoms with Crippen LogP contribution in [-0.2, 0) is 17.5 Å². The number of pyridine rings is 1. The number of carbonyl (C=O) groups is 2. The lowest BCUT2D eigenvalue weighted by atomic mass is 10.1. The molecule has 3 aromatic rings. The molecular weight excluding hydrogens is 570 g/mol. The molecule has 0 aliphatic carbocycles. The predicted molar refractivity (Wildman–Crippen MR) is 142 cm³/mol. The number of rotatable bonds is 8. The summed E-state index contributed by atoms with van der Waals surface area (Å²) >= 11 is 5.83. The number of nitrogens with zero attached hydrogens (tertiary/aromatic N) is 3. The highest BCUT2D eigenvalue weighted by atomic mass is 35.5. The Morgan fingerprint density at radius 3 is 2.41 bits per heavy atom. The largest absolute Gasteiger partial charge is 0.478 e. The van der Waals surface area contributed by atoms with E-state index in [0.29, 0.717) is 31.9 Å². The van der Waals surface area contributed by atoms with Crippen LogP contribution in [0.1, 0.15) is 45.8 Å². The van der Waals surface area contributed by atoms with Crippen molar-refractivity contribution < 1.29 is 41.7 Å². The number of alkyl halides is 3. The Kier molecular flexibility index (Phi) is 9.15. The van der Waals surface area contributed by atoms with Crippen LogP contribution < -0.4 is 9.64 Å². The van der Waals surface area contributed by atoms with Crippen molar-refractivity contribution in [1.82, 2.24) is 9.88 Å². The van der Waals surface area contributed by atoms with Crippen molar-refractivity contribution in [1.29, 1.82) is 0 Å². The summed E-state index contributed by atoms with van der Waals surface area (Å²) < 4.78 is 67.9. The van der Waals surface area contributed by atoms with Crippen molar-refractivity contribution in [3.63, 3.8) is 0 Å². The van der Waals surface area contributed by atoms with Gasteiger partial charge in [-0.1, -0.05) is 17.7 Å². The van der Waals surface area contributed by atoms with Gasteiger partial charge in [-0.25, -0.2) is 14.2 Å². The molecule has 1 aliphatic rings. The average molecular weight is 596 g/mol. The quantitative estimate of drug-likeness (QED) is 0.307. The molecule has 8 nitrogen and oxygen atoms in total. The zero-order chi connectivity index (χ0) is 29.9. The summed E-state index contributed by atoms with van der Waals surface area (Å²) in [7, 11) is 0. The molecule has 1 fully saturated rings. The van der Waals surface area contributed by atoms with Crippen LogP contribution in [-0.4, -0.2) is 59.2 Å². The van der Waals surface area contributed by atoms with E-state index in [1.807, 2.05) is 4.90 Å². The normalized spacial score (nSPS) is 14.2. The number of carboxylic acid groups (broad SMARTS) is 1. The van der Waals surface area contributed by atoms with Gasteiger partial charge in [0.25, 0.3) is 5.91 Å². The fourth-order valence-electron chi connectivity index (χ4n) is 4.36. The number of aromatic carboxylic acids is 1. The number of amides is 1. The zero-order valence-corrected chi connectivity index (χ0v) is 22.8. The van der Waals surface area contributed by atoms with Crippen molar-refractivity contribution in [3.05, 3.63) is 81.9 Å². The molecule has 4 rings (SSSR count). The molecule has 1 aliphatic heterocycles. The fraction of sp³-hybridized carbons (Fsp3) is 0.321. The molecule has 13 heteroatoms. The van der Waals surface area contributed by atoms with Gasteiger partial charge < -0.3 is 19.5 Å². The maximum Gasteiger partial charge on any atom is 0.419 e. The summed E-state index contributed by atoms with van der Waals surface area (Å²) in [5.74, 6) is -4.91. The van der Waals surface area contributed by atoms with Gasteiger partial charge in [-0.2, -0.15) is 13.2 Å². The highest BCUT2D eigenvalue weighted by Crippen LogP contribution is 2.41. The number of carboxylic acids is 1. The van der Waals surface area contributed by atoms with Gasteiger partial charge in [0.2, 0.25) is 0 Å². The maximum absolute atomic E-state index is 15.3. The van der Waals surface area contributed by atoms with E-state index < -0.39 is 52.5 Å². The summed E-state index contributed by atoms with van der Waals surface area (Å²) in [5, 5.41) is 10.2. The number of aromatic nitrogens is 1. The molecule has 1 amide bonds. The zero-order valence-electron chi connectivity index (χ0n) is 22.0. The monoisotopic (exact) mass is 595 g/mol. The molecule has 1 saturated heterocycles. The van der Waals surface area contributed by atoms with E-state index in [2.05, 4.69) is 4.98 Å². The lowest BCUT2D eigenvalue weighted by molar-refractivity contribution is -0.138. The van der Waals surface area contributed by atoms with E-state index in [-0.39, 0.29) is 22.9 Å². The first-order valence-electron chi connectivity index (χ1n) is 12.5. The molecule has 0 radical (unpaired) electrons. The summed E-state index contributed by atoms with van der Waals surface area (Å²) in [4.78, 5) is 32.3. The molecule has 218 valence electrons. The minimum absolute atomic E-state index is 0.0767. The van der Waals surface area contributed by atoms with E-state index in [1.54, 1.807) is 13.8 Å². The second-order valence-corrected chi connectivity index (χ2v) is 9.99. The molecule has 2 aromatic carbocycles. The molecule has 0 spiro atoms. The third-order valence-corrected chi connectivity index (χ3v) is 6.52. The minimum atomic E-state index is -4.84. The highest BCUT2D eigenvalue weighted by Gasteiger charge is 2.36. The van der Waals surface area contributed by atoms with Gasteiger partial charge in [0.1, 0.15) is 11.4 Å². The summed E-state index contributed by atoms with van der Waals surface area (Å²) in [6, 6.07) is 7.02. The fourth-order valence-corrected chi connectivity index (χ4v) is 4.47. The number of benzene rings is 2. The van der Waals surface area contributed by atoms with Crippen molar-refractivity contribution in [2.24, 2.45) is 0 Å². The molecule has 2 heterocycles. The molecule has 0 atom stereocenters. The Morgan fingerprint density at radius 1 is 1.12 bits per heavy atom. The van der Waals surface area contributed by atoms with Crippen LogP contribution in [0, 0.1) is 5.82 Å². The third-order valence-electron chi connectivity index (χ3n) is 6.30.